The fourth-order valence-corrected chi connectivity index (χ4v) is 3.37. The van der Waals surface area contributed by atoms with Gasteiger partial charge in [0.1, 0.15) is 11.6 Å². The number of hydrogen-bond acceptors (Lipinski definition) is 3. The molecule has 0 unspecified atom stereocenters. The summed E-state index contributed by atoms with van der Waals surface area (Å²) in [5.41, 5.74) is 2.93. The Hall–Kier alpha value is -5.03. The van der Waals surface area contributed by atoms with Crippen LogP contribution in [0.1, 0.15) is 27.0 Å². The zero-order valence-corrected chi connectivity index (χ0v) is 19.6. The molecule has 4 rings (SSSR count). The van der Waals surface area contributed by atoms with Crippen LogP contribution in [0.25, 0.3) is 0 Å². The molecule has 0 fully saturated rings. The lowest BCUT2D eigenvalue weighted by atomic mass is 10.1. The first-order valence-corrected chi connectivity index (χ1v) is 11.4. The molecule has 4 aromatic rings. The third kappa shape index (κ3) is 7.47. The molecule has 6 nitrogen and oxygen atoms in total. The normalized spacial score (nSPS) is 10.1. The highest BCUT2D eigenvalue weighted by Crippen LogP contribution is 2.21. The monoisotopic (exact) mass is 496 g/mol. The van der Waals surface area contributed by atoms with Crippen molar-refractivity contribution in [2.24, 2.45) is 0 Å². The number of nitrogens with zero attached hydrogens (tertiary/aromatic N) is 1. The number of aromatic nitrogens is 1. The number of amides is 3. The number of hydrogen-bond donors (Lipinski definition) is 3. The van der Waals surface area contributed by atoms with Gasteiger partial charge in [-0.1, -0.05) is 24.0 Å². The quantitative estimate of drug-likeness (QED) is 0.314. The van der Waals surface area contributed by atoms with Gasteiger partial charge in [0.15, 0.2) is 0 Å². The summed E-state index contributed by atoms with van der Waals surface area (Å²) < 4.78 is 26.8. The maximum atomic E-state index is 13.6. The number of benzene rings is 3. The van der Waals surface area contributed by atoms with E-state index in [4.69, 9.17) is 0 Å². The maximum absolute atomic E-state index is 13.6. The van der Waals surface area contributed by atoms with Gasteiger partial charge in [0.25, 0.3) is 5.91 Å². The van der Waals surface area contributed by atoms with Crippen molar-refractivity contribution in [3.05, 3.63) is 125 Å². The maximum Gasteiger partial charge on any atom is 0.319 e. The van der Waals surface area contributed by atoms with Crippen LogP contribution in [-0.4, -0.2) is 23.5 Å². The number of urea groups is 1. The summed E-state index contributed by atoms with van der Waals surface area (Å²) in [6.07, 6.45) is 4.05. The first kappa shape index (κ1) is 25.1. The Kier molecular flexibility index (Phi) is 8.19. The van der Waals surface area contributed by atoms with E-state index in [1.165, 1.54) is 42.5 Å². The van der Waals surface area contributed by atoms with E-state index in [2.05, 4.69) is 32.8 Å². The molecule has 3 N–H and O–H groups in total. The lowest BCUT2D eigenvalue weighted by Gasteiger charge is -2.12. The number of carbonyl (C=O) groups excluding carboxylic acids is 2. The first-order valence-electron chi connectivity index (χ1n) is 11.4. The molecule has 0 atom stereocenters. The van der Waals surface area contributed by atoms with Crippen molar-refractivity contribution in [2.75, 3.05) is 17.2 Å². The Morgan fingerprint density at radius 1 is 0.838 bits per heavy atom. The second-order valence-corrected chi connectivity index (χ2v) is 7.97. The molecule has 0 saturated heterocycles. The highest BCUT2D eigenvalue weighted by molar-refractivity contribution is 6.05. The van der Waals surface area contributed by atoms with Gasteiger partial charge >= 0.3 is 6.03 Å². The molecule has 0 saturated carbocycles. The van der Waals surface area contributed by atoms with Crippen molar-refractivity contribution in [2.45, 2.75) is 6.42 Å². The van der Waals surface area contributed by atoms with Crippen LogP contribution in [0.2, 0.25) is 0 Å². The van der Waals surface area contributed by atoms with Gasteiger partial charge in [-0.2, -0.15) is 0 Å². The van der Waals surface area contributed by atoms with E-state index in [9.17, 15) is 18.4 Å². The van der Waals surface area contributed by atoms with E-state index in [1.54, 1.807) is 30.6 Å². The van der Waals surface area contributed by atoms with Crippen LogP contribution in [-0.2, 0) is 6.42 Å². The van der Waals surface area contributed by atoms with Gasteiger partial charge in [0.05, 0.1) is 11.3 Å². The van der Waals surface area contributed by atoms with Crippen LogP contribution in [0.5, 0.6) is 0 Å². The van der Waals surface area contributed by atoms with Crippen LogP contribution >= 0.6 is 0 Å². The second kappa shape index (κ2) is 12.1. The highest BCUT2D eigenvalue weighted by atomic mass is 19.1. The number of rotatable bonds is 6. The molecule has 0 radical (unpaired) electrons. The summed E-state index contributed by atoms with van der Waals surface area (Å²) in [5, 5.41) is 8.26. The van der Waals surface area contributed by atoms with Crippen LogP contribution < -0.4 is 16.0 Å². The average molecular weight is 497 g/mol. The zero-order chi connectivity index (χ0) is 26.0. The third-order valence-electron chi connectivity index (χ3n) is 5.22. The zero-order valence-electron chi connectivity index (χ0n) is 19.6. The molecule has 3 aromatic carbocycles. The van der Waals surface area contributed by atoms with Crippen molar-refractivity contribution in [1.82, 2.24) is 10.3 Å². The molecule has 0 spiro atoms. The van der Waals surface area contributed by atoms with Crippen molar-refractivity contribution in [1.29, 1.82) is 0 Å². The molecule has 184 valence electrons. The summed E-state index contributed by atoms with van der Waals surface area (Å²) >= 11 is 0. The Morgan fingerprint density at radius 2 is 1.68 bits per heavy atom. The van der Waals surface area contributed by atoms with Gasteiger partial charge in [-0.05, 0) is 78.7 Å². The van der Waals surface area contributed by atoms with Crippen LogP contribution in [0.15, 0.2) is 91.3 Å². The first-order chi connectivity index (χ1) is 18.0. The van der Waals surface area contributed by atoms with E-state index in [-0.39, 0.29) is 11.4 Å². The molecular formula is C29H22F2N4O2. The van der Waals surface area contributed by atoms with Gasteiger partial charge in [-0.15, -0.1) is 0 Å². The van der Waals surface area contributed by atoms with Crippen LogP contribution in [0.3, 0.4) is 0 Å². The fourth-order valence-electron chi connectivity index (χ4n) is 3.37. The van der Waals surface area contributed by atoms with Crippen LogP contribution in [0.4, 0.5) is 25.0 Å². The molecule has 8 heteroatoms. The van der Waals surface area contributed by atoms with Crippen LogP contribution in [0, 0.1) is 23.5 Å². The molecule has 0 aliphatic rings. The van der Waals surface area contributed by atoms with Gasteiger partial charge in [-0.25, -0.2) is 13.6 Å². The lowest BCUT2D eigenvalue weighted by Crippen LogP contribution is -2.30. The van der Waals surface area contributed by atoms with Gasteiger partial charge < -0.3 is 16.0 Å². The summed E-state index contributed by atoms with van der Waals surface area (Å²) in [5.74, 6) is 4.45. The van der Waals surface area contributed by atoms with Gasteiger partial charge in [0.2, 0.25) is 0 Å². The molecule has 1 heterocycles. The summed E-state index contributed by atoms with van der Waals surface area (Å²) in [6.45, 7) is 0.413. The number of carbonyl (C=O) groups is 2. The summed E-state index contributed by atoms with van der Waals surface area (Å²) in [4.78, 5) is 29.1. The van der Waals surface area contributed by atoms with E-state index < -0.39 is 17.8 Å². The number of nitrogens with one attached hydrogen (secondary N) is 3. The van der Waals surface area contributed by atoms with Crippen molar-refractivity contribution in [3.63, 3.8) is 0 Å². The van der Waals surface area contributed by atoms with Gasteiger partial charge in [0, 0.05) is 35.8 Å². The molecule has 37 heavy (non-hydrogen) atoms. The Labute approximate surface area is 212 Å². The van der Waals surface area contributed by atoms with Crippen molar-refractivity contribution in [3.8, 4) is 11.8 Å². The smallest absolute Gasteiger partial charge is 0.319 e. The predicted octanol–water partition coefficient (Wildman–Crippen LogP) is 5.38. The fraction of sp³-hybridized carbons (Fsp3) is 0.0690. The van der Waals surface area contributed by atoms with E-state index in [1.807, 2.05) is 12.1 Å². The Morgan fingerprint density at radius 3 is 2.43 bits per heavy atom. The summed E-state index contributed by atoms with van der Waals surface area (Å²) in [6, 6.07) is 19.1. The van der Waals surface area contributed by atoms with Crippen molar-refractivity contribution < 1.29 is 18.4 Å². The topological polar surface area (TPSA) is 83.1 Å². The number of pyridine rings is 1. The Bertz CT molecular complexity index is 1460. The molecule has 1 aromatic heterocycles. The largest absolute Gasteiger partial charge is 0.338 e. The minimum absolute atomic E-state index is 0.146. The van der Waals surface area contributed by atoms with E-state index >= 15 is 0 Å². The number of halogens is 2. The highest BCUT2D eigenvalue weighted by Gasteiger charge is 2.11. The molecule has 3 amide bonds. The lowest BCUT2D eigenvalue weighted by molar-refractivity contribution is 0.102. The average Bonchev–Trinajstić information content (AvgIpc) is 2.90. The molecule has 0 bridgehead atoms. The standard InChI is InChI=1S/C29H22F2N4O2/c30-24-10-7-20(8-11-24)6-9-22-18-26(34-29(37)33-16-14-21-3-2-15-32-19-21)12-13-27(22)35-28(36)23-4-1-5-25(31)17-23/h1-5,7-8,10-13,15,17-19H,14,16H2,(H,35,36)(H2,33,34,37). The molecular weight excluding hydrogens is 474 g/mol. The SMILES string of the molecule is O=C(NCCc1cccnc1)Nc1ccc(NC(=O)c2cccc(F)c2)c(C#Cc2ccc(F)cc2)c1. The third-order valence-corrected chi connectivity index (χ3v) is 5.22. The second-order valence-electron chi connectivity index (χ2n) is 7.97. The molecule has 0 aliphatic carbocycles. The Balaban J connectivity index is 1.51. The minimum Gasteiger partial charge on any atom is -0.338 e. The minimum atomic E-state index is -0.530. The number of anilines is 2. The molecule has 0 aliphatic heterocycles. The van der Waals surface area contributed by atoms with E-state index in [0.717, 1.165) is 11.6 Å². The predicted molar refractivity (Wildman–Crippen MR) is 138 cm³/mol. The van der Waals surface area contributed by atoms with Crippen molar-refractivity contribution >= 4 is 23.3 Å². The summed E-state index contributed by atoms with van der Waals surface area (Å²) in [7, 11) is 0. The van der Waals surface area contributed by atoms with Gasteiger partial charge in [-0.3, -0.25) is 9.78 Å². The van der Waals surface area contributed by atoms with E-state index in [0.29, 0.717) is 35.5 Å².